The van der Waals surface area contributed by atoms with Crippen LogP contribution in [0.2, 0.25) is 0 Å². The summed E-state index contributed by atoms with van der Waals surface area (Å²) < 4.78 is 14.2. The van der Waals surface area contributed by atoms with Gasteiger partial charge in [0.2, 0.25) is 0 Å². The molecule has 0 aliphatic carbocycles. The van der Waals surface area contributed by atoms with Crippen LogP contribution in [0.25, 0.3) is 0 Å². The molecule has 0 saturated carbocycles. The Morgan fingerprint density at radius 1 is 1.00 bits per heavy atom. The quantitative estimate of drug-likeness (QED) is 0.743. The number of benzene rings is 2. The van der Waals surface area contributed by atoms with Crippen molar-refractivity contribution in [1.29, 1.82) is 0 Å². The van der Waals surface area contributed by atoms with Crippen LogP contribution in [0.15, 0.2) is 53.0 Å². The first-order valence-corrected chi connectivity index (χ1v) is 7.58. The Morgan fingerprint density at radius 2 is 1.70 bits per heavy atom. The maximum atomic E-state index is 13.6. The van der Waals surface area contributed by atoms with E-state index < -0.39 is 0 Å². The van der Waals surface area contributed by atoms with Crippen LogP contribution >= 0.6 is 15.9 Å². The Kier molecular flexibility index (Phi) is 5.32. The molecule has 2 rings (SSSR count). The average Bonchev–Trinajstić information content (AvgIpc) is 2.44. The van der Waals surface area contributed by atoms with E-state index in [1.807, 2.05) is 24.3 Å². The van der Waals surface area contributed by atoms with Gasteiger partial charge in [0, 0.05) is 19.1 Å². The third-order valence-corrected chi connectivity index (χ3v) is 4.25. The van der Waals surface area contributed by atoms with E-state index in [1.165, 1.54) is 11.6 Å². The summed E-state index contributed by atoms with van der Waals surface area (Å²) >= 11 is 3.34. The number of hydrogen-bond donors (Lipinski definition) is 0. The molecule has 0 heterocycles. The van der Waals surface area contributed by atoms with E-state index in [1.54, 1.807) is 6.07 Å². The molecule has 0 saturated heterocycles. The topological polar surface area (TPSA) is 3.24 Å². The highest BCUT2D eigenvalue weighted by atomic mass is 79.9. The van der Waals surface area contributed by atoms with E-state index in [4.69, 9.17) is 0 Å². The van der Waals surface area contributed by atoms with Crippen LogP contribution in [-0.4, -0.2) is 10.9 Å². The van der Waals surface area contributed by atoms with E-state index in [9.17, 15) is 4.39 Å². The molecule has 0 fully saturated rings. The van der Waals surface area contributed by atoms with E-state index in [0.29, 0.717) is 10.5 Å². The van der Waals surface area contributed by atoms with Gasteiger partial charge in [-0.15, -0.1) is 0 Å². The highest BCUT2D eigenvalue weighted by molar-refractivity contribution is 9.10. The summed E-state index contributed by atoms with van der Waals surface area (Å²) in [5.41, 5.74) is 2.25. The van der Waals surface area contributed by atoms with Crippen molar-refractivity contribution in [2.75, 3.05) is 0 Å². The molecule has 2 aromatic rings. The predicted molar refractivity (Wildman–Crippen MR) is 84.9 cm³/mol. The minimum Gasteiger partial charge on any atom is -0.292 e. The van der Waals surface area contributed by atoms with Crippen molar-refractivity contribution < 1.29 is 4.39 Å². The van der Waals surface area contributed by atoms with Gasteiger partial charge in [0.15, 0.2) is 0 Å². The van der Waals surface area contributed by atoms with Gasteiger partial charge in [-0.3, -0.25) is 4.90 Å². The molecule has 0 amide bonds. The fourth-order valence-electron chi connectivity index (χ4n) is 2.13. The van der Waals surface area contributed by atoms with Gasteiger partial charge in [0.1, 0.15) is 5.82 Å². The van der Waals surface area contributed by atoms with Crippen LogP contribution in [0.1, 0.15) is 25.0 Å². The lowest BCUT2D eigenvalue weighted by Crippen LogP contribution is -2.30. The average molecular weight is 336 g/mol. The van der Waals surface area contributed by atoms with E-state index in [-0.39, 0.29) is 5.82 Å². The maximum absolute atomic E-state index is 13.6. The van der Waals surface area contributed by atoms with Gasteiger partial charge < -0.3 is 0 Å². The van der Waals surface area contributed by atoms with Crippen molar-refractivity contribution >= 4 is 15.9 Å². The van der Waals surface area contributed by atoms with Crippen LogP contribution < -0.4 is 0 Å². The molecule has 0 aromatic heterocycles. The predicted octanol–water partition coefficient (Wildman–Crippen LogP) is 5.00. The molecule has 0 N–H and O–H groups in total. The molecular weight excluding hydrogens is 317 g/mol. The molecule has 1 nitrogen and oxygen atoms in total. The molecule has 0 atom stereocenters. The summed E-state index contributed by atoms with van der Waals surface area (Å²) in [6, 6.07) is 16.0. The SMILES string of the molecule is CC(C)N(Cc1ccccc1)Cc1cccc(F)c1Br. The van der Waals surface area contributed by atoms with Crippen molar-refractivity contribution in [2.45, 2.75) is 33.0 Å². The Bertz CT molecular complexity index is 554. The molecule has 0 radical (unpaired) electrons. The summed E-state index contributed by atoms with van der Waals surface area (Å²) in [6.07, 6.45) is 0. The third kappa shape index (κ3) is 3.90. The highest BCUT2D eigenvalue weighted by Crippen LogP contribution is 2.23. The molecule has 0 aliphatic heterocycles. The monoisotopic (exact) mass is 335 g/mol. The summed E-state index contributed by atoms with van der Waals surface area (Å²) in [4.78, 5) is 2.33. The van der Waals surface area contributed by atoms with E-state index in [2.05, 4.69) is 46.8 Å². The third-order valence-electron chi connectivity index (χ3n) is 3.36. The second-order valence-corrected chi connectivity index (χ2v) is 5.99. The largest absolute Gasteiger partial charge is 0.292 e. The van der Waals surface area contributed by atoms with Crippen LogP contribution in [0.5, 0.6) is 0 Å². The maximum Gasteiger partial charge on any atom is 0.137 e. The van der Waals surface area contributed by atoms with Crippen LogP contribution in [0.4, 0.5) is 4.39 Å². The van der Waals surface area contributed by atoms with Gasteiger partial charge >= 0.3 is 0 Å². The minimum absolute atomic E-state index is 0.203. The van der Waals surface area contributed by atoms with Crippen molar-refractivity contribution in [2.24, 2.45) is 0 Å². The summed E-state index contributed by atoms with van der Waals surface area (Å²) in [6.45, 7) is 5.92. The Hall–Kier alpha value is -1.19. The lowest BCUT2D eigenvalue weighted by Gasteiger charge is -2.27. The molecule has 0 aliphatic rings. The fourth-order valence-corrected chi connectivity index (χ4v) is 2.52. The van der Waals surface area contributed by atoms with Crippen molar-refractivity contribution in [3.05, 3.63) is 69.9 Å². The van der Waals surface area contributed by atoms with Crippen LogP contribution in [0.3, 0.4) is 0 Å². The van der Waals surface area contributed by atoms with Gasteiger partial charge in [0.05, 0.1) is 4.47 Å². The first-order chi connectivity index (χ1) is 9.58. The molecule has 2 aromatic carbocycles. The second kappa shape index (κ2) is 7.00. The second-order valence-electron chi connectivity index (χ2n) is 5.20. The molecule has 0 unspecified atom stereocenters. The Labute approximate surface area is 128 Å². The Balaban J connectivity index is 2.16. The molecule has 20 heavy (non-hydrogen) atoms. The first kappa shape index (κ1) is 15.2. The number of nitrogens with zero attached hydrogens (tertiary/aromatic N) is 1. The number of hydrogen-bond acceptors (Lipinski definition) is 1. The van der Waals surface area contributed by atoms with Gasteiger partial charge in [-0.25, -0.2) is 4.39 Å². The van der Waals surface area contributed by atoms with E-state index >= 15 is 0 Å². The number of rotatable bonds is 5. The summed E-state index contributed by atoms with van der Waals surface area (Å²) in [5.74, 6) is -0.203. The Morgan fingerprint density at radius 3 is 2.35 bits per heavy atom. The van der Waals surface area contributed by atoms with Gasteiger partial charge in [0.25, 0.3) is 0 Å². The molecular formula is C17H19BrFN. The lowest BCUT2D eigenvalue weighted by atomic mass is 10.1. The van der Waals surface area contributed by atoms with Crippen molar-refractivity contribution in [3.8, 4) is 0 Å². The zero-order chi connectivity index (χ0) is 14.5. The normalized spacial score (nSPS) is 11.3. The highest BCUT2D eigenvalue weighted by Gasteiger charge is 2.14. The first-order valence-electron chi connectivity index (χ1n) is 6.79. The van der Waals surface area contributed by atoms with E-state index in [0.717, 1.165) is 18.7 Å². The summed E-state index contributed by atoms with van der Waals surface area (Å²) in [7, 11) is 0. The summed E-state index contributed by atoms with van der Waals surface area (Å²) in [5, 5.41) is 0. The molecule has 0 bridgehead atoms. The van der Waals surface area contributed by atoms with Gasteiger partial charge in [-0.1, -0.05) is 42.5 Å². The zero-order valence-electron chi connectivity index (χ0n) is 11.8. The lowest BCUT2D eigenvalue weighted by molar-refractivity contribution is 0.203. The molecule has 106 valence electrons. The van der Waals surface area contributed by atoms with Gasteiger partial charge in [-0.05, 0) is 47.0 Å². The number of halogens is 2. The minimum atomic E-state index is -0.203. The smallest absolute Gasteiger partial charge is 0.137 e. The zero-order valence-corrected chi connectivity index (χ0v) is 13.4. The molecule has 0 spiro atoms. The molecule has 3 heteroatoms. The van der Waals surface area contributed by atoms with Crippen LogP contribution in [-0.2, 0) is 13.1 Å². The standard InChI is InChI=1S/C17H19BrFN/c1-13(2)20(11-14-7-4-3-5-8-14)12-15-9-6-10-16(19)17(15)18/h3-10,13H,11-12H2,1-2H3. The van der Waals surface area contributed by atoms with Crippen LogP contribution in [0, 0.1) is 5.82 Å². The van der Waals surface area contributed by atoms with Crippen molar-refractivity contribution in [3.63, 3.8) is 0 Å². The fraction of sp³-hybridized carbons (Fsp3) is 0.294. The van der Waals surface area contributed by atoms with Crippen molar-refractivity contribution in [1.82, 2.24) is 4.90 Å². The van der Waals surface area contributed by atoms with Gasteiger partial charge in [-0.2, -0.15) is 0 Å².